The molecular formula is C13H9BrN2O3. The van der Waals surface area contributed by atoms with Gasteiger partial charge in [-0.3, -0.25) is 4.79 Å². The Morgan fingerprint density at radius 2 is 2.26 bits per heavy atom. The van der Waals surface area contributed by atoms with Crippen LogP contribution >= 0.6 is 15.9 Å². The predicted octanol–water partition coefficient (Wildman–Crippen LogP) is 3.14. The molecule has 2 heterocycles. The van der Waals surface area contributed by atoms with Crippen LogP contribution in [0.2, 0.25) is 0 Å². The molecular weight excluding hydrogens is 312 g/mol. The topological polar surface area (TPSA) is 68.3 Å². The summed E-state index contributed by atoms with van der Waals surface area (Å²) in [7, 11) is 0. The summed E-state index contributed by atoms with van der Waals surface area (Å²) in [6.45, 7) is -0.0873. The average molecular weight is 321 g/mol. The van der Waals surface area contributed by atoms with E-state index < -0.39 is 5.97 Å². The first-order chi connectivity index (χ1) is 9.15. The van der Waals surface area contributed by atoms with Crippen molar-refractivity contribution in [2.45, 2.75) is 6.54 Å². The van der Waals surface area contributed by atoms with Gasteiger partial charge in [0.05, 0.1) is 0 Å². The number of benzene rings is 1. The first-order valence-electron chi connectivity index (χ1n) is 5.56. The van der Waals surface area contributed by atoms with Gasteiger partial charge in [-0.05, 0) is 18.2 Å². The van der Waals surface area contributed by atoms with Crippen LogP contribution in [0.5, 0.6) is 0 Å². The second-order valence-corrected chi connectivity index (χ2v) is 5.03. The first-order valence-corrected chi connectivity index (χ1v) is 6.35. The number of carboxylic acid groups (broad SMARTS) is 1. The Labute approximate surface area is 116 Å². The molecule has 0 unspecified atom stereocenters. The minimum Gasteiger partial charge on any atom is -0.480 e. The Bertz CT molecular complexity index is 747. The fraction of sp³-hybridized carbons (Fsp3) is 0.0769. The number of hydrogen-bond acceptors (Lipinski definition) is 3. The van der Waals surface area contributed by atoms with Gasteiger partial charge < -0.3 is 14.2 Å². The number of aromatic nitrogens is 2. The molecule has 0 fully saturated rings. The Kier molecular flexibility index (Phi) is 2.87. The van der Waals surface area contributed by atoms with Crippen LogP contribution in [-0.4, -0.2) is 20.8 Å². The smallest absolute Gasteiger partial charge is 0.323 e. The van der Waals surface area contributed by atoms with Gasteiger partial charge in [0.25, 0.3) is 0 Å². The van der Waals surface area contributed by atoms with E-state index in [1.807, 2.05) is 18.2 Å². The van der Waals surface area contributed by atoms with E-state index in [1.165, 1.54) is 6.26 Å². The van der Waals surface area contributed by atoms with Gasteiger partial charge in [0.1, 0.15) is 18.5 Å². The van der Waals surface area contributed by atoms with Gasteiger partial charge in [-0.15, -0.1) is 0 Å². The van der Waals surface area contributed by atoms with E-state index in [0.29, 0.717) is 5.69 Å². The second kappa shape index (κ2) is 4.55. The van der Waals surface area contributed by atoms with Crippen molar-refractivity contribution in [3.63, 3.8) is 0 Å². The summed E-state index contributed by atoms with van der Waals surface area (Å²) < 4.78 is 7.47. The summed E-state index contributed by atoms with van der Waals surface area (Å²) in [5.41, 5.74) is 2.39. The van der Waals surface area contributed by atoms with Crippen LogP contribution in [0.25, 0.3) is 22.2 Å². The zero-order valence-electron chi connectivity index (χ0n) is 9.71. The lowest BCUT2D eigenvalue weighted by Gasteiger charge is -2.00. The Hall–Kier alpha value is -2.08. The fourth-order valence-electron chi connectivity index (χ4n) is 2.10. The molecule has 5 nitrogen and oxygen atoms in total. The molecule has 0 saturated heterocycles. The van der Waals surface area contributed by atoms with Gasteiger partial charge in [0.15, 0.2) is 0 Å². The molecule has 0 saturated carbocycles. The molecule has 1 aromatic carbocycles. The number of carbonyl (C=O) groups is 1. The molecule has 0 bridgehead atoms. The van der Waals surface area contributed by atoms with Crippen molar-refractivity contribution in [1.82, 2.24) is 9.72 Å². The van der Waals surface area contributed by atoms with Crippen LogP contribution in [-0.2, 0) is 11.3 Å². The van der Waals surface area contributed by atoms with Crippen molar-refractivity contribution >= 4 is 32.8 Å². The quantitative estimate of drug-likeness (QED) is 0.805. The first kappa shape index (κ1) is 12.0. The van der Waals surface area contributed by atoms with Gasteiger partial charge in [0, 0.05) is 33.2 Å². The van der Waals surface area contributed by atoms with E-state index in [2.05, 4.69) is 21.1 Å². The highest BCUT2D eigenvalue weighted by Gasteiger charge is 2.14. The highest BCUT2D eigenvalue weighted by molar-refractivity contribution is 9.10. The van der Waals surface area contributed by atoms with Crippen molar-refractivity contribution in [3.8, 4) is 11.3 Å². The van der Waals surface area contributed by atoms with E-state index in [9.17, 15) is 4.79 Å². The Morgan fingerprint density at radius 1 is 1.42 bits per heavy atom. The van der Waals surface area contributed by atoms with E-state index in [-0.39, 0.29) is 6.54 Å². The largest absolute Gasteiger partial charge is 0.480 e. The van der Waals surface area contributed by atoms with Gasteiger partial charge in [-0.2, -0.15) is 0 Å². The molecule has 0 aliphatic heterocycles. The summed E-state index contributed by atoms with van der Waals surface area (Å²) in [5, 5.41) is 13.8. The van der Waals surface area contributed by atoms with Gasteiger partial charge >= 0.3 is 5.97 Å². The van der Waals surface area contributed by atoms with Gasteiger partial charge in [0.2, 0.25) is 0 Å². The van der Waals surface area contributed by atoms with E-state index in [0.717, 1.165) is 20.9 Å². The molecule has 0 spiro atoms. The monoisotopic (exact) mass is 320 g/mol. The van der Waals surface area contributed by atoms with Gasteiger partial charge in [-0.25, -0.2) is 0 Å². The highest BCUT2D eigenvalue weighted by atomic mass is 79.9. The van der Waals surface area contributed by atoms with Crippen molar-refractivity contribution in [1.29, 1.82) is 0 Å². The molecule has 0 amide bonds. The van der Waals surface area contributed by atoms with Crippen LogP contribution in [0.3, 0.4) is 0 Å². The third-order valence-electron chi connectivity index (χ3n) is 2.86. The standard InChI is InChI=1S/C13H9BrN2O3/c14-8-1-2-12-9(5-8)10(11-3-4-19-15-11)6-16(12)7-13(17)18/h1-6H,7H2,(H,17,18). The lowest BCUT2D eigenvalue weighted by atomic mass is 10.1. The number of halogens is 1. The number of hydrogen-bond donors (Lipinski definition) is 1. The van der Waals surface area contributed by atoms with Crippen molar-refractivity contribution in [2.75, 3.05) is 0 Å². The molecule has 96 valence electrons. The molecule has 3 rings (SSSR count). The summed E-state index contributed by atoms with van der Waals surface area (Å²) >= 11 is 3.42. The average Bonchev–Trinajstić information content (AvgIpc) is 2.96. The van der Waals surface area contributed by atoms with Crippen LogP contribution in [0, 0.1) is 0 Å². The molecule has 0 radical (unpaired) electrons. The normalized spacial score (nSPS) is 11.0. The van der Waals surface area contributed by atoms with Crippen LogP contribution in [0.1, 0.15) is 0 Å². The van der Waals surface area contributed by atoms with Gasteiger partial charge in [-0.1, -0.05) is 21.1 Å². The number of carboxylic acids is 1. The Morgan fingerprint density at radius 3 is 2.95 bits per heavy atom. The zero-order valence-corrected chi connectivity index (χ0v) is 11.3. The van der Waals surface area contributed by atoms with E-state index in [1.54, 1.807) is 16.8 Å². The second-order valence-electron chi connectivity index (χ2n) is 4.11. The van der Waals surface area contributed by atoms with Crippen LogP contribution < -0.4 is 0 Å². The maximum absolute atomic E-state index is 10.9. The SMILES string of the molecule is O=C(O)Cn1cc(-c2ccon2)c2cc(Br)ccc21. The zero-order chi connectivity index (χ0) is 13.4. The lowest BCUT2D eigenvalue weighted by Crippen LogP contribution is -2.07. The molecule has 0 aliphatic carbocycles. The van der Waals surface area contributed by atoms with Crippen molar-refractivity contribution in [3.05, 3.63) is 41.2 Å². The lowest BCUT2D eigenvalue weighted by molar-refractivity contribution is -0.137. The molecule has 0 aliphatic rings. The minimum absolute atomic E-state index is 0.0873. The molecule has 6 heteroatoms. The number of fused-ring (bicyclic) bond motifs is 1. The summed E-state index contributed by atoms with van der Waals surface area (Å²) in [6, 6.07) is 7.46. The fourth-order valence-corrected chi connectivity index (χ4v) is 2.46. The molecule has 0 atom stereocenters. The molecule has 3 aromatic rings. The number of rotatable bonds is 3. The van der Waals surface area contributed by atoms with E-state index >= 15 is 0 Å². The summed E-state index contributed by atoms with van der Waals surface area (Å²) in [4.78, 5) is 10.9. The third-order valence-corrected chi connectivity index (χ3v) is 3.36. The molecule has 19 heavy (non-hydrogen) atoms. The number of nitrogens with zero attached hydrogens (tertiary/aromatic N) is 2. The van der Waals surface area contributed by atoms with E-state index in [4.69, 9.17) is 9.63 Å². The maximum atomic E-state index is 10.9. The predicted molar refractivity (Wildman–Crippen MR) is 72.8 cm³/mol. The Balaban J connectivity index is 2.26. The third kappa shape index (κ3) is 2.15. The minimum atomic E-state index is -0.883. The summed E-state index contributed by atoms with van der Waals surface area (Å²) in [6.07, 6.45) is 3.27. The molecule has 1 N–H and O–H groups in total. The number of aliphatic carboxylic acids is 1. The van der Waals surface area contributed by atoms with Crippen LogP contribution in [0.4, 0.5) is 0 Å². The van der Waals surface area contributed by atoms with Crippen molar-refractivity contribution in [2.24, 2.45) is 0 Å². The molecule has 2 aromatic heterocycles. The van der Waals surface area contributed by atoms with Crippen LogP contribution in [0.15, 0.2) is 45.7 Å². The van der Waals surface area contributed by atoms with Crippen molar-refractivity contribution < 1.29 is 14.4 Å². The highest BCUT2D eigenvalue weighted by Crippen LogP contribution is 2.31. The maximum Gasteiger partial charge on any atom is 0.323 e. The summed E-state index contributed by atoms with van der Waals surface area (Å²) in [5.74, 6) is -0.883.